The molecule has 1 aromatic rings. The molecule has 4 nitrogen and oxygen atoms in total. The highest BCUT2D eigenvalue weighted by Gasteiger charge is 2.23. The number of hydrogen-bond acceptors (Lipinski definition) is 2. The molecule has 0 unspecified atom stereocenters. The summed E-state index contributed by atoms with van der Waals surface area (Å²) in [5, 5.41) is 3.02. The second-order valence-electron chi connectivity index (χ2n) is 4.38. The van der Waals surface area contributed by atoms with E-state index in [-0.39, 0.29) is 6.03 Å². The minimum Gasteiger partial charge on any atom is -0.397 e. The molecule has 0 bridgehead atoms. The lowest BCUT2D eigenvalue weighted by Gasteiger charge is -2.30. The Morgan fingerprint density at radius 3 is 2.71 bits per heavy atom. The number of benzene rings is 1. The maximum absolute atomic E-state index is 12.1. The van der Waals surface area contributed by atoms with Gasteiger partial charge < -0.3 is 11.1 Å². The lowest BCUT2D eigenvalue weighted by Crippen LogP contribution is -2.47. The summed E-state index contributed by atoms with van der Waals surface area (Å²) < 4.78 is 0. The molecule has 1 aliphatic carbocycles. The quantitative estimate of drug-likeness (QED) is 0.787. The molecule has 17 heavy (non-hydrogen) atoms. The van der Waals surface area contributed by atoms with Crippen molar-refractivity contribution in [2.45, 2.75) is 32.2 Å². The van der Waals surface area contributed by atoms with Crippen molar-refractivity contribution in [2.24, 2.45) is 0 Å². The number of nitrogen functional groups attached to an aromatic ring is 1. The van der Waals surface area contributed by atoms with Gasteiger partial charge in [-0.05, 0) is 38.3 Å². The van der Waals surface area contributed by atoms with Gasteiger partial charge in [-0.15, -0.1) is 0 Å². The van der Waals surface area contributed by atoms with Crippen LogP contribution in [0.3, 0.4) is 0 Å². The number of para-hydroxylation sites is 2. The first kappa shape index (κ1) is 11.8. The maximum Gasteiger partial charge on any atom is 0.322 e. The highest BCUT2D eigenvalue weighted by atomic mass is 16.2. The first-order chi connectivity index (χ1) is 8.22. The number of anilines is 2. The van der Waals surface area contributed by atoms with E-state index >= 15 is 0 Å². The molecule has 4 heteroatoms. The van der Waals surface area contributed by atoms with Crippen molar-refractivity contribution in [3.05, 3.63) is 24.3 Å². The van der Waals surface area contributed by atoms with Crippen LogP contribution in [-0.2, 0) is 0 Å². The maximum atomic E-state index is 12.1. The Kier molecular flexibility index (Phi) is 3.52. The Balaban J connectivity index is 2.09. The molecule has 3 N–H and O–H groups in total. The molecule has 0 aliphatic heterocycles. The number of nitrogens with one attached hydrogen (secondary N) is 1. The van der Waals surface area contributed by atoms with Crippen molar-refractivity contribution in [2.75, 3.05) is 17.2 Å². The average Bonchev–Trinajstić information content (AvgIpc) is 2.27. The van der Waals surface area contributed by atoms with Crippen LogP contribution < -0.4 is 16.0 Å². The van der Waals surface area contributed by atoms with E-state index in [1.807, 2.05) is 31.2 Å². The van der Waals surface area contributed by atoms with Crippen molar-refractivity contribution in [1.29, 1.82) is 0 Å². The minimum absolute atomic E-state index is 0.0462. The lowest BCUT2D eigenvalue weighted by atomic mass is 9.93. The predicted molar refractivity (Wildman–Crippen MR) is 70.0 cm³/mol. The Morgan fingerprint density at radius 2 is 2.18 bits per heavy atom. The van der Waals surface area contributed by atoms with Crippen LogP contribution in [-0.4, -0.2) is 18.6 Å². The molecule has 0 heterocycles. The zero-order valence-electron chi connectivity index (χ0n) is 10.1. The van der Waals surface area contributed by atoms with E-state index in [2.05, 4.69) is 5.32 Å². The van der Waals surface area contributed by atoms with Crippen LogP contribution in [0.4, 0.5) is 16.2 Å². The minimum atomic E-state index is -0.0462. The zero-order chi connectivity index (χ0) is 12.3. The van der Waals surface area contributed by atoms with Crippen LogP contribution in [0.15, 0.2) is 24.3 Å². The molecular weight excluding hydrogens is 214 g/mol. The van der Waals surface area contributed by atoms with Crippen molar-refractivity contribution >= 4 is 17.4 Å². The molecule has 1 fully saturated rings. The number of nitrogens with zero attached hydrogens (tertiary/aromatic N) is 1. The zero-order valence-corrected chi connectivity index (χ0v) is 10.1. The van der Waals surface area contributed by atoms with Crippen molar-refractivity contribution < 1.29 is 4.79 Å². The summed E-state index contributed by atoms with van der Waals surface area (Å²) in [6.45, 7) is 2.57. The molecule has 92 valence electrons. The van der Waals surface area contributed by atoms with Crippen molar-refractivity contribution in [3.8, 4) is 0 Å². The summed E-state index contributed by atoms with van der Waals surface area (Å²) in [7, 11) is 0. The number of nitrogens with two attached hydrogens (primary N) is 1. The second kappa shape index (κ2) is 5.08. The van der Waals surface area contributed by atoms with Crippen LogP contribution in [0.1, 0.15) is 26.2 Å². The van der Waals surface area contributed by atoms with Crippen molar-refractivity contribution in [3.63, 3.8) is 0 Å². The second-order valence-corrected chi connectivity index (χ2v) is 4.38. The standard InChI is InChI=1S/C13H19N3O/c1-2-16(12-9-4-3-8-11(12)14)13(17)15-10-6-5-7-10/h3-4,8-10H,2,5-7,14H2,1H3,(H,15,17). The van der Waals surface area contributed by atoms with Gasteiger partial charge in [-0.3, -0.25) is 4.90 Å². The summed E-state index contributed by atoms with van der Waals surface area (Å²) in [6, 6.07) is 7.76. The first-order valence-corrected chi connectivity index (χ1v) is 6.15. The van der Waals surface area contributed by atoms with E-state index in [1.165, 1.54) is 6.42 Å². The molecule has 0 spiro atoms. The molecular formula is C13H19N3O. The van der Waals surface area contributed by atoms with Crippen LogP contribution >= 0.6 is 0 Å². The third kappa shape index (κ3) is 2.52. The van der Waals surface area contributed by atoms with Gasteiger partial charge in [0.1, 0.15) is 0 Å². The fourth-order valence-electron chi connectivity index (χ4n) is 1.96. The van der Waals surface area contributed by atoms with Crippen LogP contribution in [0.5, 0.6) is 0 Å². The van der Waals surface area contributed by atoms with E-state index in [4.69, 9.17) is 5.73 Å². The third-order valence-corrected chi connectivity index (χ3v) is 3.22. The highest BCUT2D eigenvalue weighted by Crippen LogP contribution is 2.23. The van der Waals surface area contributed by atoms with E-state index in [9.17, 15) is 4.79 Å². The van der Waals surface area contributed by atoms with Gasteiger partial charge in [-0.1, -0.05) is 12.1 Å². The van der Waals surface area contributed by atoms with Crippen LogP contribution in [0, 0.1) is 0 Å². The molecule has 1 aromatic carbocycles. The Labute approximate surface area is 102 Å². The Bertz CT molecular complexity index is 401. The molecule has 1 aliphatic rings. The summed E-state index contributed by atoms with van der Waals surface area (Å²) in [5.74, 6) is 0. The number of urea groups is 1. The van der Waals surface area contributed by atoms with E-state index in [0.29, 0.717) is 18.3 Å². The fraction of sp³-hybridized carbons (Fsp3) is 0.462. The average molecular weight is 233 g/mol. The van der Waals surface area contributed by atoms with Gasteiger partial charge in [-0.2, -0.15) is 0 Å². The van der Waals surface area contributed by atoms with Gasteiger partial charge in [0.05, 0.1) is 11.4 Å². The molecule has 0 saturated heterocycles. The van der Waals surface area contributed by atoms with Crippen LogP contribution in [0.25, 0.3) is 0 Å². The Hall–Kier alpha value is -1.71. The third-order valence-electron chi connectivity index (χ3n) is 3.22. The molecule has 1 saturated carbocycles. The Morgan fingerprint density at radius 1 is 1.47 bits per heavy atom. The molecule has 0 aromatic heterocycles. The number of carbonyl (C=O) groups is 1. The van der Waals surface area contributed by atoms with Crippen molar-refractivity contribution in [1.82, 2.24) is 5.32 Å². The van der Waals surface area contributed by atoms with Gasteiger partial charge in [-0.25, -0.2) is 4.79 Å². The summed E-state index contributed by atoms with van der Waals surface area (Å²) in [6.07, 6.45) is 3.39. The number of hydrogen-bond donors (Lipinski definition) is 2. The molecule has 0 atom stereocenters. The highest BCUT2D eigenvalue weighted by molar-refractivity contribution is 5.95. The van der Waals surface area contributed by atoms with Gasteiger partial charge in [0.15, 0.2) is 0 Å². The largest absolute Gasteiger partial charge is 0.397 e. The smallest absolute Gasteiger partial charge is 0.322 e. The molecule has 0 radical (unpaired) electrons. The summed E-state index contributed by atoms with van der Waals surface area (Å²) >= 11 is 0. The number of amides is 2. The topological polar surface area (TPSA) is 58.4 Å². The van der Waals surface area contributed by atoms with Gasteiger partial charge >= 0.3 is 6.03 Å². The van der Waals surface area contributed by atoms with Gasteiger partial charge in [0.2, 0.25) is 0 Å². The van der Waals surface area contributed by atoms with Crippen LogP contribution in [0.2, 0.25) is 0 Å². The molecule has 2 amide bonds. The first-order valence-electron chi connectivity index (χ1n) is 6.15. The van der Waals surface area contributed by atoms with E-state index in [0.717, 1.165) is 18.5 Å². The SMILES string of the molecule is CCN(C(=O)NC1CCC1)c1ccccc1N. The number of rotatable bonds is 3. The summed E-state index contributed by atoms with van der Waals surface area (Å²) in [4.78, 5) is 13.8. The van der Waals surface area contributed by atoms with E-state index < -0.39 is 0 Å². The van der Waals surface area contributed by atoms with E-state index in [1.54, 1.807) is 4.90 Å². The summed E-state index contributed by atoms with van der Waals surface area (Å²) in [5.41, 5.74) is 7.31. The lowest BCUT2D eigenvalue weighted by molar-refractivity contribution is 0.234. The monoisotopic (exact) mass is 233 g/mol. The normalized spacial score (nSPS) is 15.1. The predicted octanol–water partition coefficient (Wildman–Crippen LogP) is 2.36. The van der Waals surface area contributed by atoms with Gasteiger partial charge in [0.25, 0.3) is 0 Å². The molecule has 2 rings (SSSR count). The number of carbonyl (C=O) groups excluding carboxylic acids is 1. The fourth-order valence-corrected chi connectivity index (χ4v) is 1.96. The van der Waals surface area contributed by atoms with Gasteiger partial charge in [0, 0.05) is 12.6 Å².